The minimum absolute atomic E-state index is 0.0281. The summed E-state index contributed by atoms with van der Waals surface area (Å²) >= 11 is 0. The first-order valence-corrected chi connectivity index (χ1v) is 10.4. The van der Waals surface area contributed by atoms with E-state index in [2.05, 4.69) is 27.4 Å². The van der Waals surface area contributed by atoms with Crippen LogP contribution < -0.4 is 0 Å². The van der Waals surface area contributed by atoms with Crippen LogP contribution in [0.4, 0.5) is 0 Å². The molecule has 27 heavy (non-hydrogen) atoms. The second kappa shape index (κ2) is 5.80. The zero-order chi connectivity index (χ0) is 19.9. The van der Waals surface area contributed by atoms with Gasteiger partial charge in [0, 0.05) is 18.3 Å². The van der Waals surface area contributed by atoms with Crippen molar-refractivity contribution in [3.63, 3.8) is 0 Å². The number of esters is 1. The first-order valence-electron chi connectivity index (χ1n) is 10.4. The van der Waals surface area contributed by atoms with E-state index in [0.29, 0.717) is 17.9 Å². The number of ether oxygens (including phenoxy) is 1. The van der Waals surface area contributed by atoms with Gasteiger partial charge in [-0.05, 0) is 60.3 Å². The molecule has 5 nitrogen and oxygen atoms in total. The van der Waals surface area contributed by atoms with Gasteiger partial charge < -0.3 is 20.1 Å². The molecule has 0 unspecified atom stereocenters. The Morgan fingerprint density at radius 1 is 1.11 bits per heavy atom. The van der Waals surface area contributed by atoms with Gasteiger partial charge in [0.15, 0.2) is 0 Å². The summed E-state index contributed by atoms with van der Waals surface area (Å²) in [6, 6.07) is 0. The van der Waals surface area contributed by atoms with Crippen molar-refractivity contribution < 1.29 is 24.9 Å². The second-order valence-electron chi connectivity index (χ2n) is 10.5. The molecule has 4 fully saturated rings. The fourth-order valence-corrected chi connectivity index (χ4v) is 7.94. The van der Waals surface area contributed by atoms with Gasteiger partial charge in [-0.25, -0.2) is 0 Å². The Morgan fingerprint density at radius 3 is 2.41 bits per heavy atom. The third kappa shape index (κ3) is 2.25. The number of rotatable bonds is 1. The SMILES string of the molecule is C=C1[C@H]2[C@@H](OC(C)=O)[C@@]3(CC[C@@H]4C(C)(C)[C@@H](O)CC[C@@]4(C)[C@@H]3C[C@@H]2O)[C@@H]1O. The molecular weight excluding hydrogens is 344 g/mol. The molecule has 2 bridgehead atoms. The summed E-state index contributed by atoms with van der Waals surface area (Å²) in [5.41, 5.74) is -0.297. The van der Waals surface area contributed by atoms with Crippen LogP contribution in [0.3, 0.4) is 0 Å². The second-order valence-corrected chi connectivity index (χ2v) is 10.5. The highest BCUT2D eigenvalue weighted by molar-refractivity contribution is 5.66. The first kappa shape index (κ1) is 19.4. The van der Waals surface area contributed by atoms with Gasteiger partial charge in [0.05, 0.1) is 18.3 Å². The van der Waals surface area contributed by atoms with Crippen LogP contribution in [0.1, 0.15) is 59.8 Å². The van der Waals surface area contributed by atoms with Crippen molar-refractivity contribution in [2.24, 2.45) is 34.0 Å². The molecule has 4 aliphatic carbocycles. The van der Waals surface area contributed by atoms with E-state index < -0.39 is 23.7 Å². The average Bonchev–Trinajstić information content (AvgIpc) is 2.71. The Kier molecular flexibility index (Phi) is 4.17. The predicted octanol–water partition coefficient (Wildman–Crippen LogP) is 2.43. The minimum atomic E-state index is -0.762. The van der Waals surface area contributed by atoms with Gasteiger partial charge >= 0.3 is 5.97 Å². The lowest BCUT2D eigenvalue weighted by atomic mass is 9.40. The van der Waals surface area contributed by atoms with Crippen molar-refractivity contribution in [2.45, 2.75) is 84.2 Å². The van der Waals surface area contributed by atoms with Crippen LogP contribution >= 0.6 is 0 Å². The Bertz CT molecular complexity index is 672. The molecule has 0 heterocycles. The molecule has 0 aliphatic heterocycles. The summed E-state index contributed by atoms with van der Waals surface area (Å²) in [7, 11) is 0. The molecule has 0 aromatic heterocycles. The van der Waals surface area contributed by atoms with Crippen molar-refractivity contribution in [3.8, 4) is 0 Å². The molecule has 4 aliphatic rings. The van der Waals surface area contributed by atoms with Crippen LogP contribution in [-0.4, -0.2) is 45.7 Å². The monoisotopic (exact) mass is 378 g/mol. The smallest absolute Gasteiger partial charge is 0.302 e. The third-order valence-electron chi connectivity index (χ3n) is 9.15. The van der Waals surface area contributed by atoms with E-state index in [0.717, 1.165) is 25.7 Å². The summed E-state index contributed by atoms with van der Waals surface area (Å²) in [5.74, 6) is -0.430. The number of hydrogen-bond acceptors (Lipinski definition) is 5. The molecule has 5 heteroatoms. The Hall–Kier alpha value is -0.910. The first-order chi connectivity index (χ1) is 12.5. The van der Waals surface area contributed by atoms with E-state index in [9.17, 15) is 20.1 Å². The molecular formula is C22H34O5. The van der Waals surface area contributed by atoms with Gasteiger partial charge in [-0.1, -0.05) is 27.4 Å². The maximum atomic E-state index is 11.9. The van der Waals surface area contributed by atoms with Crippen molar-refractivity contribution >= 4 is 5.97 Å². The summed E-state index contributed by atoms with van der Waals surface area (Å²) in [4.78, 5) is 11.9. The van der Waals surface area contributed by atoms with E-state index in [4.69, 9.17) is 4.74 Å². The molecule has 3 N–H and O–H groups in total. The quantitative estimate of drug-likeness (QED) is 0.482. The standard InChI is InChI=1S/C22H34O5/c1-11-17-13(24)10-15-21(5)8-7-16(25)20(3,4)14(21)6-9-22(15,18(11)26)19(17)27-12(2)23/h13-19,24-26H,1,6-10H2,2-5H3/t13-,14+,15-,16-,17+,18+,19+,21+,22+/m0/s1. The van der Waals surface area contributed by atoms with Crippen molar-refractivity contribution in [1.82, 2.24) is 0 Å². The highest BCUT2D eigenvalue weighted by atomic mass is 16.5. The van der Waals surface area contributed by atoms with Gasteiger partial charge in [-0.2, -0.15) is 0 Å². The number of aliphatic hydroxyl groups is 3. The van der Waals surface area contributed by atoms with E-state index in [-0.39, 0.29) is 34.7 Å². The Balaban J connectivity index is 1.84. The molecule has 4 saturated carbocycles. The lowest BCUT2D eigenvalue weighted by Gasteiger charge is -2.66. The van der Waals surface area contributed by atoms with Gasteiger partial charge in [0.25, 0.3) is 0 Å². The Labute approximate surface area is 161 Å². The Morgan fingerprint density at radius 2 is 1.78 bits per heavy atom. The van der Waals surface area contributed by atoms with Gasteiger partial charge in [-0.3, -0.25) is 4.79 Å². The molecule has 152 valence electrons. The summed E-state index contributed by atoms with van der Waals surface area (Å²) in [5, 5.41) is 32.9. The fourth-order valence-electron chi connectivity index (χ4n) is 7.94. The highest BCUT2D eigenvalue weighted by Crippen LogP contribution is 2.72. The number of fused-ring (bicyclic) bond motifs is 3. The maximum absolute atomic E-state index is 11.9. The zero-order valence-corrected chi connectivity index (χ0v) is 16.9. The van der Waals surface area contributed by atoms with Gasteiger partial charge in [0.2, 0.25) is 0 Å². The topological polar surface area (TPSA) is 87.0 Å². The predicted molar refractivity (Wildman–Crippen MR) is 101 cm³/mol. The lowest BCUT2D eigenvalue weighted by molar-refractivity contribution is -0.241. The van der Waals surface area contributed by atoms with E-state index in [1.165, 1.54) is 6.92 Å². The average molecular weight is 379 g/mol. The largest absolute Gasteiger partial charge is 0.461 e. The van der Waals surface area contributed by atoms with Crippen molar-refractivity contribution in [2.75, 3.05) is 0 Å². The van der Waals surface area contributed by atoms with Crippen LogP contribution in [0.2, 0.25) is 0 Å². The van der Waals surface area contributed by atoms with Crippen molar-refractivity contribution in [3.05, 3.63) is 12.2 Å². The van der Waals surface area contributed by atoms with Gasteiger partial charge in [-0.15, -0.1) is 0 Å². The third-order valence-corrected chi connectivity index (χ3v) is 9.15. The number of carbonyl (C=O) groups excluding carboxylic acids is 1. The molecule has 9 atom stereocenters. The maximum Gasteiger partial charge on any atom is 0.302 e. The van der Waals surface area contributed by atoms with E-state index >= 15 is 0 Å². The number of aliphatic hydroxyl groups excluding tert-OH is 3. The summed E-state index contributed by atoms with van der Waals surface area (Å²) in [6.45, 7) is 12.1. The van der Waals surface area contributed by atoms with Crippen LogP contribution in [0.5, 0.6) is 0 Å². The lowest BCUT2D eigenvalue weighted by Crippen LogP contribution is -2.65. The summed E-state index contributed by atoms with van der Waals surface area (Å²) in [6.07, 6.45) is 1.51. The summed E-state index contributed by atoms with van der Waals surface area (Å²) < 4.78 is 5.78. The molecule has 0 aromatic carbocycles. The molecule has 4 rings (SSSR count). The van der Waals surface area contributed by atoms with Crippen LogP contribution in [0.25, 0.3) is 0 Å². The molecule has 1 spiro atoms. The molecule has 0 radical (unpaired) electrons. The zero-order valence-electron chi connectivity index (χ0n) is 16.9. The molecule has 0 saturated heterocycles. The van der Waals surface area contributed by atoms with Crippen molar-refractivity contribution in [1.29, 1.82) is 0 Å². The van der Waals surface area contributed by atoms with E-state index in [1.807, 2.05) is 0 Å². The molecule has 0 aromatic rings. The van der Waals surface area contributed by atoms with Crippen LogP contribution in [0, 0.1) is 34.0 Å². The minimum Gasteiger partial charge on any atom is -0.461 e. The van der Waals surface area contributed by atoms with Crippen LogP contribution in [0.15, 0.2) is 12.2 Å². The fraction of sp³-hybridized carbons (Fsp3) is 0.864. The van der Waals surface area contributed by atoms with E-state index in [1.54, 1.807) is 0 Å². The van der Waals surface area contributed by atoms with Crippen LogP contribution in [-0.2, 0) is 9.53 Å². The molecule has 0 amide bonds. The normalized spacial score (nSPS) is 53.4. The van der Waals surface area contributed by atoms with Gasteiger partial charge in [0.1, 0.15) is 6.10 Å². The highest BCUT2D eigenvalue weighted by Gasteiger charge is 2.73. The number of hydrogen-bond donors (Lipinski definition) is 3. The number of carbonyl (C=O) groups is 1.